The lowest BCUT2D eigenvalue weighted by atomic mass is 10.1. The van der Waals surface area contributed by atoms with Crippen molar-refractivity contribution in [1.29, 1.82) is 0 Å². The van der Waals surface area contributed by atoms with Gasteiger partial charge in [-0.25, -0.2) is 8.42 Å². The molecule has 10 heteroatoms. The summed E-state index contributed by atoms with van der Waals surface area (Å²) in [6.45, 7) is 7.15. The predicted octanol–water partition coefficient (Wildman–Crippen LogP) is 5.75. The zero-order valence-electron chi connectivity index (χ0n) is 22.4. The van der Waals surface area contributed by atoms with Crippen LogP contribution in [0.5, 0.6) is 0 Å². The zero-order valence-corrected chi connectivity index (χ0v) is 24.8. The van der Waals surface area contributed by atoms with E-state index in [1.54, 1.807) is 55.5 Å². The first kappa shape index (κ1) is 30.5. The highest BCUT2D eigenvalue weighted by Crippen LogP contribution is 2.29. The Hall–Kier alpha value is -3.07. The second kappa shape index (κ2) is 13.3. The topological polar surface area (TPSA) is 86.8 Å². The van der Waals surface area contributed by atoms with Crippen molar-refractivity contribution < 1.29 is 18.0 Å². The molecule has 0 radical (unpaired) electrons. The Kier molecular flexibility index (Phi) is 10.4. The summed E-state index contributed by atoms with van der Waals surface area (Å²) in [5, 5.41) is 3.59. The molecule has 0 aromatic heterocycles. The summed E-state index contributed by atoms with van der Waals surface area (Å²) in [6.07, 6.45) is 0.727. The van der Waals surface area contributed by atoms with Gasteiger partial charge in [0.2, 0.25) is 11.8 Å². The third-order valence-corrected chi connectivity index (χ3v) is 8.89. The van der Waals surface area contributed by atoms with Gasteiger partial charge in [-0.3, -0.25) is 13.9 Å². The van der Waals surface area contributed by atoms with Gasteiger partial charge in [0.25, 0.3) is 10.0 Å². The highest BCUT2D eigenvalue weighted by Gasteiger charge is 2.33. The maximum Gasteiger partial charge on any atom is 0.264 e. The van der Waals surface area contributed by atoms with E-state index < -0.39 is 28.5 Å². The van der Waals surface area contributed by atoms with E-state index in [2.05, 4.69) is 5.32 Å². The Balaban J connectivity index is 2.07. The molecule has 0 spiro atoms. The van der Waals surface area contributed by atoms with E-state index >= 15 is 0 Å². The molecule has 1 N–H and O–H groups in total. The molecule has 0 fully saturated rings. The molecule has 0 aliphatic rings. The third kappa shape index (κ3) is 7.32. The number of carbonyl (C=O) groups excluding carboxylic acids is 2. The van der Waals surface area contributed by atoms with E-state index in [-0.39, 0.29) is 17.3 Å². The Morgan fingerprint density at radius 3 is 2.31 bits per heavy atom. The molecular formula is C29H33Cl2N3O4S. The number of halogens is 2. The number of rotatable bonds is 11. The monoisotopic (exact) mass is 589 g/mol. The van der Waals surface area contributed by atoms with Crippen molar-refractivity contribution in [1.82, 2.24) is 10.2 Å². The van der Waals surface area contributed by atoms with Crippen LogP contribution in [0.4, 0.5) is 5.69 Å². The summed E-state index contributed by atoms with van der Waals surface area (Å²) in [4.78, 5) is 28.3. The molecule has 0 unspecified atom stereocenters. The maximum atomic E-state index is 14.0. The van der Waals surface area contributed by atoms with E-state index in [0.717, 1.165) is 21.9 Å². The number of amides is 2. The summed E-state index contributed by atoms with van der Waals surface area (Å²) >= 11 is 12.5. The molecule has 0 saturated carbocycles. The average molecular weight is 591 g/mol. The van der Waals surface area contributed by atoms with Gasteiger partial charge in [-0.2, -0.15) is 0 Å². The highest BCUT2D eigenvalue weighted by molar-refractivity contribution is 7.92. The standard InChI is InChI=1S/C29H33Cl2N3O4S/c1-5-16-32-29(36)22(4)33(18-23-14-15-24(30)17-26(23)31)28(35)19-34(27-13-9-10-20(2)21(27)3)39(37,38)25-11-7-6-8-12-25/h6-15,17,22H,5,16,18-19H2,1-4H3,(H,32,36)/t22-/m0/s1. The fourth-order valence-electron chi connectivity index (χ4n) is 4.05. The van der Waals surface area contributed by atoms with Crippen molar-refractivity contribution in [3.05, 3.63) is 93.5 Å². The molecule has 39 heavy (non-hydrogen) atoms. The van der Waals surface area contributed by atoms with Crippen LogP contribution >= 0.6 is 23.2 Å². The minimum Gasteiger partial charge on any atom is -0.354 e. The normalized spacial score (nSPS) is 12.1. The van der Waals surface area contributed by atoms with Crippen molar-refractivity contribution in [3.8, 4) is 0 Å². The van der Waals surface area contributed by atoms with Gasteiger partial charge in [-0.1, -0.05) is 66.5 Å². The lowest BCUT2D eigenvalue weighted by Gasteiger charge is -2.32. The minimum atomic E-state index is -4.13. The number of nitrogens with one attached hydrogen (secondary N) is 1. The van der Waals surface area contributed by atoms with E-state index in [9.17, 15) is 18.0 Å². The lowest BCUT2D eigenvalue weighted by molar-refractivity contribution is -0.139. The summed E-state index contributed by atoms with van der Waals surface area (Å²) in [5.74, 6) is -0.903. The molecule has 3 aromatic carbocycles. The lowest BCUT2D eigenvalue weighted by Crippen LogP contribution is -2.51. The van der Waals surface area contributed by atoms with Crippen molar-refractivity contribution >= 4 is 50.7 Å². The van der Waals surface area contributed by atoms with Crippen LogP contribution in [-0.4, -0.2) is 44.3 Å². The molecular weight excluding hydrogens is 557 g/mol. The number of carbonyl (C=O) groups is 2. The number of hydrogen-bond donors (Lipinski definition) is 1. The van der Waals surface area contributed by atoms with Crippen LogP contribution in [-0.2, 0) is 26.2 Å². The fourth-order valence-corrected chi connectivity index (χ4v) is 6.01. The highest BCUT2D eigenvalue weighted by atomic mass is 35.5. The SMILES string of the molecule is CCCNC(=O)[C@H](C)N(Cc1ccc(Cl)cc1Cl)C(=O)CN(c1cccc(C)c1C)S(=O)(=O)c1ccccc1. The average Bonchev–Trinajstić information content (AvgIpc) is 2.91. The summed E-state index contributed by atoms with van der Waals surface area (Å²) in [5.41, 5.74) is 2.57. The fraction of sp³-hybridized carbons (Fsp3) is 0.310. The van der Waals surface area contributed by atoms with Crippen LogP contribution < -0.4 is 9.62 Å². The third-order valence-electron chi connectivity index (χ3n) is 6.53. The molecule has 2 amide bonds. The zero-order chi connectivity index (χ0) is 28.7. The van der Waals surface area contributed by atoms with E-state index in [4.69, 9.17) is 23.2 Å². The van der Waals surface area contributed by atoms with E-state index in [1.165, 1.54) is 17.0 Å². The summed E-state index contributed by atoms with van der Waals surface area (Å²) < 4.78 is 28.9. The van der Waals surface area contributed by atoms with Gasteiger partial charge in [0.05, 0.1) is 10.6 Å². The second-order valence-electron chi connectivity index (χ2n) is 9.27. The van der Waals surface area contributed by atoms with Gasteiger partial charge in [0.15, 0.2) is 0 Å². The largest absolute Gasteiger partial charge is 0.354 e. The van der Waals surface area contributed by atoms with Gasteiger partial charge in [0.1, 0.15) is 12.6 Å². The van der Waals surface area contributed by atoms with Crippen LogP contribution in [0.1, 0.15) is 37.0 Å². The molecule has 0 bridgehead atoms. The first-order valence-electron chi connectivity index (χ1n) is 12.6. The molecule has 3 rings (SSSR count). The van der Waals surface area contributed by atoms with Gasteiger partial charge in [-0.15, -0.1) is 0 Å². The molecule has 3 aromatic rings. The van der Waals surface area contributed by atoms with Crippen LogP contribution in [0, 0.1) is 13.8 Å². The first-order chi connectivity index (χ1) is 18.5. The number of anilines is 1. The number of aryl methyl sites for hydroxylation is 1. The number of hydrogen-bond acceptors (Lipinski definition) is 4. The molecule has 7 nitrogen and oxygen atoms in total. The predicted molar refractivity (Wildman–Crippen MR) is 157 cm³/mol. The quantitative estimate of drug-likeness (QED) is 0.308. The molecule has 0 aliphatic heterocycles. The van der Waals surface area contributed by atoms with Gasteiger partial charge in [-0.05, 0) is 74.2 Å². The molecule has 208 valence electrons. The molecule has 1 atom stereocenters. The Bertz CT molecular complexity index is 1430. The van der Waals surface area contributed by atoms with Gasteiger partial charge in [0, 0.05) is 23.1 Å². The van der Waals surface area contributed by atoms with Crippen molar-refractivity contribution in [2.75, 3.05) is 17.4 Å². The van der Waals surface area contributed by atoms with Gasteiger partial charge < -0.3 is 10.2 Å². The number of nitrogens with zero attached hydrogens (tertiary/aromatic N) is 2. The molecule has 0 saturated heterocycles. The first-order valence-corrected chi connectivity index (χ1v) is 14.8. The van der Waals surface area contributed by atoms with Crippen molar-refractivity contribution in [3.63, 3.8) is 0 Å². The van der Waals surface area contributed by atoms with E-state index in [0.29, 0.717) is 27.8 Å². The van der Waals surface area contributed by atoms with Crippen molar-refractivity contribution in [2.45, 2.75) is 51.6 Å². The minimum absolute atomic E-state index is 0.0123. The smallest absolute Gasteiger partial charge is 0.264 e. The Morgan fingerprint density at radius 1 is 0.974 bits per heavy atom. The van der Waals surface area contributed by atoms with Crippen LogP contribution in [0.25, 0.3) is 0 Å². The van der Waals surface area contributed by atoms with Gasteiger partial charge >= 0.3 is 0 Å². The van der Waals surface area contributed by atoms with Crippen LogP contribution in [0.2, 0.25) is 10.0 Å². The van der Waals surface area contributed by atoms with Crippen LogP contribution in [0.15, 0.2) is 71.6 Å². The van der Waals surface area contributed by atoms with Crippen LogP contribution in [0.3, 0.4) is 0 Å². The number of benzene rings is 3. The molecule has 0 aliphatic carbocycles. The van der Waals surface area contributed by atoms with Crippen molar-refractivity contribution in [2.24, 2.45) is 0 Å². The second-order valence-corrected chi connectivity index (χ2v) is 12.0. The molecule has 0 heterocycles. The number of sulfonamides is 1. The Labute approximate surface area is 240 Å². The summed E-state index contributed by atoms with van der Waals surface area (Å²) in [6, 6.07) is 17.3. The van der Waals surface area contributed by atoms with E-state index in [1.807, 2.05) is 26.8 Å². The Morgan fingerprint density at radius 2 is 1.67 bits per heavy atom. The maximum absolute atomic E-state index is 14.0. The summed E-state index contributed by atoms with van der Waals surface area (Å²) in [7, 11) is -4.13.